The van der Waals surface area contributed by atoms with Gasteiger partial charge in [-0.3, -0.25) is 4.79 Å². The van der Waals surface area contributed by atoms with Crippen LogP contribution in [0.3, 0.4) is 0 Å². The van der Waals surface area contributed by atoms with Gasteiger partial charge < -0.3 is 5.32 Å². The van der Waals surface area contributed by atoms with Gasteiger partial charge in [-0.15, -0.1) is 0 Å². The summed E-state index contributed by atoms with van der Waals surface area (Å²) in [7, 11) is 0. The van der Waals surface area contributed by atoms with E-state index in [2.05, 4.69) is 17.2 Å². The topological polar surface area (TPSA) is 49.4 Å². The van der Waals surface area contributed by atoms with E-state index >= 15 is 0 Å². The number of anilines is 1. The number of nitrogens with zero attached hydrogens (tertiary/aromatic N) is 1. The lowest BCUT2D eigenvalue weighted by Gasteiger charge is -2.41. The van der Waals surface area contributed by atoms with Gasteiger partial charge in [0.1, 0.15) is 5.69 Å². The third-order valence-corrected chi connectivity index (χ3v) is 5.44. The van der Waals surface area contributed by atoms with E-state index < -0.39 is 40.7 Å². The van der Waals surface area contributed by atoms with Crippen LogP contribution in [0.2, 0.25) is 0 Å². The summed E-state index contributed by atoms with van der Waals surface area (Å²) < 4.78 is 29.5. The van der Waals surface area contributed by atoms with E-state index in [4.69, 9.17) is 0 Å². The van der Waals surface area contributed by atoms with Crippen LogP contribution in [-0.2, 0) is 4.79 Å². The molecule has 3 amide bonds. The van der Waals surface area contributed by atoms with Crippen LogP contribution < -0.4 is 10.2 Å². The molecule has 2 atom stereocenters. The van der Waals surface area contributed by atoms with Gasteiger partial charge in [0.2, 0.25) is 5.91 Å². The number of carbonyl (C=O) groups is 2. The van der Waals surface area contributed by atoms with Crippen LogP contribution in [0.5, 0.6) is 0 Å². The molecular weight excluding hydrogens is 362 g/mol. The molecule has 0 bridgehead atoms. The van der Waals surface area contributed by atoms with E-state index in [9.17, 15) is 18.4 Å². The van der Waals surface area contributed by atoms with Gasteiger partial charge in [0.05, 0.1) is 11.5 Å². The summed E-state index contributed by atoms with van der Waals surface area (Å²) >= 11 is 0. The van der Waals surface area contributed by atoms with Crippen molar-refractivity contribution in [3.05, 3.63) is 65.2 Å². The first kappa shape index (κ1) is 18.2. The number of carbonyl (C=O) groups excluding carboxylic acids is 2. The summed E-state index contributed by atoms with van der Waals surface area (Å²) in [6, 6.07) is 10.3. The summed E-state index contributed by atoms with van der Waals surface area (Å²) in [5.74, 6) is 2.48. The zero-order valence-corrected chi connectivity index (χ0v) is 15.3. The number of amides is 3. The lowest BCUT2D eigenvalue weighted by molar-refractivity contribution is -0.124. The molecule has 0 spiro atoms. The minimum Gasteiger partial charge on any atom is -0.331 e. The Balaban J connectivity index is 1.68. The molecular formula is C22H18F2N2O2. The molecule has 142 valence electrons. The van der Waals surface area contributed by atoms with E-state index in [-0.39, 0.29) is 5.56 Å². The highest BCUT2D eigenvalue weighted by Gasteiger charge is 2.52. The van der Waals surface area contributed by atoms with Gasteiger partial charge in [-0.05, 0) is 44.0 Å². The van der Waals surface area contributed by atoms with Crippen LogP contribution in [-0.4, -0.2) is 17.5 Å². The lowest BCUT2D eigenvalue weighted by Crippen LogP contribution is -2.64. The molecule has 4 nitrogen and oxygen atoms in total. The van der Waals surface area contributed by atoms with Gasteiger partial charge in [-0.25, -0.2) is 18.5 Å². The van der Waals surface area contributed by atoms with Crippen LogP contribution in [0.1, 0.15) is 37.3 Å². The highest BCUT2D eigenvalue weighted by atomic mass is 19.1. The monoisotopic (exact) mass is 380 g/mol. The lowest BCUT2D eigenvalue weighted by atomic mass is 9.86. The molecule has 1 aliphatic heterocycles. The van der Waals surface area contributed by atoms with Gasteiger partial charge in [0.25, 0.3) is 0 Å². The molecule has 1 saturated heterocycles. The van der Waals surface area contributed by atoms with Crippen molar-refractivity contribution in [1.29, 1.82) is 0 Å². The number of halogens is 2. The molecule has 6 heteroatoms. The van der Waals surface area contributed by atoms with Crippen LogP contribution in [0.15, 0.2) is 42.5 Å². The molecule has 0 aromatic heterocycles. The fourth-order valence-corrected chi connectivity index (χ4v) is 4.00. The highest BCUT2D eigenvalue weighted by Crippen LogP contribution is 2.41. The first-order valence-corrected chi connectivity index (χ1v) is 9.11. The molecule has 1 heterocycles. The average Bonchev–Trinajstić information content (AvgIpc) is 3.04. The zero-order chi connectivity index (χ0) is 19.9. The summed E-state index contributed by atoms with van der Waals surface area (Å²) in [4.78, 5) is 25.9. The van der Waals surface area contributed by atoms with Crippen molar-refractivity contribution >= 4 is 17.6 Å². The van der Waals surface area contributed by atoms with Crippen molar-refractivity contribution in [2.75, 3.05) is 4.90 Å². The molecule has 4 rings (SSSR count). The zero-order valence-electron chi connectivity index (χ0n) is 15.3. The van der Waals surface area contributed by atoms with Gasteiger partial charge in [-0.2, -0.15) is 0 Å². The summed E-state index contributed by atoms with van der Waals surface area (Å²) in [5.41, 5.74) is -0.475. The SMILES string of the molecule is CC12CCCC1C(=O)N(c1c(F)cc(C#Cc3ccccc3)cc1F)C(=O)N2. The van der Waals surface area contributed by atoms with E-state index in [1.165, 1.54) is 0 Å². The number of urea groups is 1. The minimum absolute atomic E-state index is 0.123. The number of hydrogen-bond acceptors (Lipinski definition) is 2. The number of hydrogen-bond donors (Lipinski definition) is 1. The second kappa shape index (κ2) is 6.75. The Labute approximate surface area is 161 Å². The predicted octanol–water partition coefficient (Wildman–Crippen LogP) is 3.98. The summed E-state index contributed by atoms with van der Waals surface area (Å²) in [5, 5.41) is 2.75. The van der Waals surface area contributed by atoms with Crippen molar-refractivity contribution in [1.82, 2.24) is 5.32 Å². The Hall–Kier alpha value is -3.20. The van der Waals surface area contributed by atoms with Crippen LogP contribution in [0.4, 0.5) is 19.3 Å². The molecule has 2 fully saturated rings. The fourth-order valence-electron chi connectivity index (χ4n) is 4.00. The normalized spacial score (nSPS) is 23.7. The summed E-state index contributed by atoms with van der Waals surface area (Å²) in [6.45, 7) is 1.80. The predicted molar refractivity (Wildman–Crippen MR) is 101 cm³/mol. The van der Waals surface area contributed by atoms with Crippen molar-refractivity contribution in [2.45, 2.75) is 31.7 Å². The number of fused-ring (bicyclic) bond motifs is 1. The fraction of sp³-hybridized carbons (Fsp3) is 0.273. The Bertz CT molecular complexity index is 1000. The Morgan fingerprint density at radius 3 is 2.39 bits per heavy atom. The maximum absolute atomic E-state index is 14.7. The Morgan fingerprint density at radius 1 is 1.07 bits per heavy atom. The number of rotatable bonds is 1. The molecule has 2 aromatic rings. The largest absolute Gasteiger partial charge is 0.331 e. The van der Waals surface area contributed by atoms with Crippen LogP contribution in [0, 0.1) is 29.4 Å². The van der Waals surface area contributed by atoms with Crippen LogP contribution in [0.25, 0.3) is 0 Å². The maximum atomic E-state index is 14.7. The number of benzene rings is 2. The molecule has 2 unspecified atom stereocenters. The van der Waals surface area contributed by atoms with Crippen molar-refractivity contribution < 1.29 is 18.4 Å². The standard InChI is InChI=1S/C22H18F2N2O2/c1-22-11-5-8-16(22)20(27)26(21(28)25-22)19-17(23)12-15(13-18(19)24)10-9-14-6-3-2-4-7-14/h2-4,6-7,12-13,16H,5,8,11H2,1H3,(H,25,28). The van der Waals surface area contributed by atoms with E-state index in [1.54, 1.807) is 19.1 Å². The number of imide groups is 1. The minimum atomic E-state index is -0.998. The van der Waals surface area contributed by atoms with Gasteiger partial charge in [0, 0.05) is 11.1 Å². The molecule has 0 radical (unpaired) electrons. The molecule has 1 aliphatic carbocycles. The molecule has 28 heavy (non-hydrogen) atoms. The van der Waals surface area contributed by atoms with Crippen LogP contribution >= 0.6 is 0 Å². The first-order chi connectivity index (χ1) is 13.4. The molecule has 1 saturated carbocycles. The maximum Gasteiger partial charge on any atom is 0.329 e. The molecule has 2 aromatic carbocycles. The second-order valence-corrected chi connectivity index (χ2v) is 7.37. The van der Waals surface area contributed by atoms with Crippen molar-refractivity contribution in [3.63, 3.8) is 0 Å². The summed E-state index contributed by atoms with van der Waals surface area (Å²) in [6.07, 6.45) is 2.03. The second-order valence-electron chi connectivity index (χ2n) is 7.37. The van der Waals surface area contributed by atoms with Gasteiger partial charge in [-0.1, -0.05) is 36.5 Å². The van der Waals surface area contributed by atoms with E-state index in [0.717, 1.165) is 18.6 Å². The molecule has 1 N–H and O–H groups in total. The van der Waals surface area contributed by atoms with Gasteiger partial charge >= 0.3 is 6.03 Å². The Morgan fingerprint density at radius 2 is 1.71 bits per heavy atom. The third-order valence-electron chi connectivity index (χ3n) is 5.44. The average molecular weight is 380 g/mol. The van der Waals surface area contributed by atoms with E-state index in [0.29, 0.717) is 23.3 Å². The van der Waals surface area contributed by atoms with Gasteiger partial charge in [0.15, 0.2) is 11.6 Å². The highest BCUT2D eigenvalue weighted by molar-refractivity contribution is 6.17. The molecule has 2 aliphatic rings. The quantitative estimate of drug-likeness (QED) is 0.761. The first-order valence-electron chi connectivity index (χ1n) is 9.11. The van der Waals surface area contributed by atoms with Crippen molar-refractivity contribution in [2.24, 2.45) is 5.92 Å². The smallest absolute Gasteiger partial charge is 0.329 e. The third kappa shape index (κ3) is 3.03. The Kier molecular flexibility index (Phi) is 4.38. The van der Waals surface area contributed by atoms with Crippen molar-refractivity contribution in [3.8, 4) is 11.8 Å². The van der Waals surface area contributed by atoms with E-state index in [1.807, 2.05) is 18.2 Å². The number of nitrogens with one attached hydrogen (secondary N) is 1.